The van der Waals surface area contributed by atoms with Crippen LogP contribution in [0.1, 0.15) is 57.9 Å². The van der Waals surface area contributed by atoms with Crippen molar-refractivity contribution < 1.29 is 4.79 Å². The second-order valence-electron chi connectivity index (χ2n) is 11.1. The zero-order valence-corrected chi connectivity index (χ0v) is 25.1. The van der Waals surface area contributed by atoms with Crippen molar-refractivity contribution in [1.29, 1.82) is 0 Å². The molecule has 0 unspecified atom stereocenters. The number of piperazine rings is 1. The number of rotatable bonds is 5. The lowest BCUT2D eigenvalue weighted by molar-refractivity contribution is -0.128. The maximum atomic E-state index is 14.1. The number of halogens is 1. The first-order valence-electron chi connectivity index (χ1n) is 13.9. The van der Waals surface area contributed by atoms with E-state index in [1.807, 2.05) is 64.1 Å². The van der Waals surface area contributed by atoms with E-state index in [9.17, 15) is 9.59 Å². The molecule has 1 aliphatic rings. The van der Waals surface area contributed by atoms with Crippen LogP contribution in [0.5, 0.6) is 0 Å². The largest absolute Gasteiger partial charge is 0.355 e. The van der Waals surface area contributed by atoms with E-state index in [1.54, 1.807) is 15.7 Å². The van der Waals surface area contributed by atoms with Gasteiger partial charge in [-0.2, -0.15) is 4.98 Å². The van der Waals surface area contributed by atoms with Gasteiger partial charge in [-0.05, 0) is 62.9 Å². The molecule has 0 saturated carbocycles. The van der Waals surface area contributed by atoms with Crippen molar-refractivity contribution in [3.63, 3.8) is 0 Å². The Morgan fingerprint density at radius 1 is 1.07 bits per heavy atom. The smallest absolute Gasteiger partial charge is 0.349 e. The Bertz CT molecular complexity index is 1730. The van der Waals surface area contributed by atoms with Crippen molar-refractivity contribution in [1.82, 2.24) is 24.4 Å². The van der Waals surface area contributed by atoms with Crippen LogP contribution < -0.4 is 10.6 Å². The summed E-state index contributed by atoms with van der Waals surface area (Å²) >= 11 is 6.95. The van der Waals surface area contributed by atoms with Crippen molar-refractivity contribution in [2.45, 2.75) is 67.0 Å². The fraction of sp³-hybridized carbons (Fsp3) is 0.364. The highest BCUT2D eigenvalue weighted by Crippen LogP contribution is 2.36. The van der Waals surface area contributed by atoms with Crippen LogP contribution in [0.3, 0.4) is 0 Å². The maximum absolute atomic E-state index is 14.1. The molecule has 0 radical (unpaired) electrons. The molecule has 1 amide bonds. The molecule has 2 atom stereocenters. The first-order valence-corrected chi connectivity index (χ1v) is 14.3. The molecule has 9 heteroatoms. The molecule has 0 spiro atoms. The van der Waals surface area contributed by atoms with Gasteiger partial charge in [0.2, 0.25) is 5.91 Å². The van der Waals surface area contributed by atoms with Crippen LogP contribution in [0.15, 0.2) is 60.0 Å². The third-order valence-corrected chi connectivity index (χ3v) is 8.13. The summed E-state index contributed by atoms with van der Waals surface area (Å²) in [7, 11) is 0. The van der Waals surface area contributed by atoms with Crippen molar-refractivity contribution in [3.8, 4) is 16.9 Å². The average molecular weight is 587 g/mol. The standard InChI is InChI=1S/C32H35ClN6O2.CH4/c1-8-26(40)37-16-22(7)38(17-21(37)6)30-24-15-25(33)28(23-12-10-9-11-19(23)4)35-31(24)39(32(41)36-30)29-20(5)13-14-34-27(29)18(2)3;/h8-15,18,21-22H,1,16-17H2,2-7H3;1H4/t21-,22+;/m1./s1. The van der Waals surface area contributed by atoms with Gasteiger partial charge in [-0.25, -0.2) is 14.3 Å². The van der Waals surface area contributed by atoms with Crippen molar-refractivity contribution in [2.24, 2.45) is 0 Å². The molecule has 1 fully saturated rings. The number of aromatic nitrogens is 4. The third kappa shape index (κ3) is 5.31. The highest BCUT2D eigenvalue weighted by atomic mass is 35.5. The molecule has 4 heterocycles. The molecule has 220 valence electrons. The van der Waals surface area contributed by atoms with Gasteiger partial charge in [0, 0.05) is 36.9 Å². The molecule has 1 saturated heterocycles. The lowest BCUT2D eigenvalue weighted by Crippen LogP contribution is -2.58. The average Bonchev–Trinajstić information content (AvgIpc) is 2.94. The van der Waals surface area contributed by atoms with E-state index in [-0.39, 0.29) is 31.3 Å². The Kier molecular flexibility index (Phi) is 8.87. The Hall–Kier alpha value is -4.04. The Balaban J connectivity index is 0.00000405. The van der Waals surface area contributed by atoms with Gasteiger partial charge in [-0.15, -0.1) is 0 Å². The zero-order valence-electron chi connectivity index (χ0n) is 24.3. The molecule has 3 aromatic heterocycles. The van der Waals surface area contributed by atoms with Gasteiger partial charge < -0.3 is 9.80 Å². The van der Waals surface area contributed by atoms with E-state index in [1.165, 1.54) is 6.08 Å². The van der Waals surface area contributed by atoms with Crippen LogP contribution in [0, 0.1) is 13.8 Å². The minimum absolute atomic E-state index is 0. The molecular formula is C33H39ClN6O2. The van der Waals surface area contributed by atoms with Crippen LogP contribution in [0.2, 0.25) is 5.02 Å². The molecule has 0 N–H and O–H groups in total. The van der Waals surface area contributed by atoms with Gasteiger partial charge in [-0.1, -0.05) is 63.7 Å². The van der Waals surface area contributed by atoms with E-state index in [0.717, 1.165) is 22.4 Å². The van der Waals surface area contributed by atoms with Crippen molar-refractivity contribution in [3.05, 3.63) is 87.6 Å². The topological polar surface area (TPSA) is 84.2 Å². The number of amides is 1. The number of carbonyl (C=O) groups excluding carboxylic acids is 1. The summed E-state index contributed by atoms with van der Waals surface area (Å²) in [4.78, 5) is 44.8. The minimum atomic E-state index is -0.444. The quantitative estimate of drug-likeness (QED) is 0.249. The molecule has 0 aliphatic carbocycles. The van der Waals surface area contributed by atoms with E-state index in [4.69, 9.17) is 16.6 Å². The van der Waals surface area contributed by atoms with Gasteiger partial charge in [0.1, 0.15) is 5.82 Å². The predicted molar refractivity (Wildman–Crippen MR) is 172 cm³/mol. The van der Waals surface area contributed by atoms with Crippen molar-refractivity contribution >= 4 is 34.4 Å². The Labute approximate surface area is 252 Å². The fourth-order valence-corrected chi connectivity index (χ4v) is 5.94. The maximum Gasteiger partial charge on any atom is 0.355 e. The van der Waals surface area contributed by atoms with E-state index >= 15 is 0 Å². The van der Waals surface area contributed by atoms with Gasteiger partial charge >= 0.3 is 5.69 Å². The molecule has 42 heavy (non-hydrogen) atoms. The number of aryl methyl sites for hydroxylation is 2. The van der Waals surface area contributed by atoms with Gasteiger partial charge in [0.25, 0.3) is 0 Å². The van der Waals surface area contributed by atoms with Gasteiger partial charge in [0.05, 0.1) is 27.5 Å². The normalized spacial score (nSPS) is 17.0. The lowest BCUT2D eigenvalue weighted by atomic mass is 10.0. The van der Waals surface area contributed by atoms with Crippen LogP contribution in [0.25, 0.3) is 28.0 Å². The summed E-state index contributed by atoms with van der Waals surface area (Å²) in [5.41, 5.74) is 4.90. The SMILES string of the molecule is C.C=CC(=O)N1C[C@H](C)N(c2nc(=O)n(-c3c(C)ccnc3C(C)C)c3nc(-c4ccccc4C)c(Cl)cc23)C[C@H]1C. The summed E-state index contributed by atoms with van der Waals surface area (Å²) in [5, 5.41) is 1.13. The Morgan fingerprint density at radius 3 is 2.45 bits per heavy atom. The summed E-state index contributed by atoms with van der Waals surface area (Å²) in [6.45, 7) is 16.7. The number of nitrogens with zero attached hydrogens (tertiary/aromatic N) is 6. The number of benzene rings is 1. The molecular weight excluding hydrogens is 548 g/mol. The second-order valence-corrected chi connectivity index (χ2v) is 11.5. The highest BCUT2D eigenvalue weighted by molar-refractivity contribution is 6.34. The Morgan fingerprint density at radius 2 is 1.79 bits per heavy atom. The highest BCUT2D eigenvalue weighted by Gasteiger charge is 2.34. The summed E-state index contributed by atoms with van der Waals surface area (Å²) in [6.07, 6.45) is 3.10. The third-order valence-electron chi connectivity index (χ3n) is 7.84. The molecule has 0 bridgehead atoms. The van der Waals surface area contributed by atoms with E-state index in [0.29, 0.717) is 46.3 Å². The van der Waals surface area contributed by atoms with Crippen molar-refractivity contribution in [2.75, 3.05) is 18.0 Å². The van der Waals surface area contributed by atoms with E-state index < -0.39 is 5.69 Å². The first kappa shape index (κ1) is 30.9. The second kappa shape index (κ2) is 12.1. The van der Waals surface area contributed by atoms with Crippen LogP contribution in [-0.4, -0.2) is 55.5 Å². The van der Waals surface area contributed by atoms with Gasteiger partial charge in [0.15, 0.2) is 5.65 Å². The van der Waals surface area contributed by atoms with Crippen LogP contribution in [0.4, 0.5) is 5.82 Å². The number of hydrogen-bond donors (Lipinski definition) is 0. The van der Waals surface area contributed by atoms with Gasteiger partial charge in [-0.3, -0.25) is 9.78 Å². The summed E-state index contributed by atoms with van der Waals surface area (Å²) < 4.78 is 1.58. The van der Waals surface area contributed by atoms with Crippen LogP contribution >= 0.6 is 11.6 Å². The molecule has 5 rings (SSSR count). The van der Waals surface area contributed by atoms with E-state index in [2.05, 4.69) is 35.3 Å². The summed E-state index contributed by atoms with van der Waals surface area (Å²) in [5.74, 6) is 0.453. The number of fused-ring (bicyclic) bond motifs is 1. The summed E-state index contributed by atoms with van der Waals surface area (Å²) in [6, 6.07) is 11.4. The number of hydrogen-bond acceptors (Lipinski definition) is 6. The molecule has 4 aromatic rings. The molecule has 1 aliphatic heterocycles. The minimum Gasteiger partial charge on any atom is -0.349 e. The number of pyridine rings is 2. The fourth-order valence-electron chi connectivity index (χ4n) is 5.68. The number of anilines is 1. The van der Waals surface area contributed by atoms with Crippen LogP contribution in [-0.2, 0) is 4.79 Å². The predicted octanol–water partition coefficient (Wildman–Crippen LogP) is 6.48. The number of carbonyl (C=O) groups is 1. The zero-order chi connectivity index (χ0) is 29.6. The first-order chi connectivity index (χ1) is 19.5. The monoisotopic (exact) mass is 586 g/mol. The molecule has 1 aromatic carbocycles. The molecule has 8 nitrogen and oxygen atoms in total. The lowest BCUT2D eigenvalue weighted by Gasteiger charge is -2.44.